The van der Waals surface area contributed by atoms with Crippen LogP contribution in [-0.4, -0.2) is 46.2 Å². The van der Waals surface area contributed by atoms with Gasteiger partial charge in [-0.1, -0.05) is 0 Å². The zero-order chi connectivity index (χ0) is 13.7. The first kappa shape index (κ1) is 13.8. The highest BCUT2D eigenvalue weighted by Gasteiger charge is 2.58. The van der Waals surface area contributed by atoms with Crippen molar-refractivity contribution in [3.8, 4) is 0 Å². The van der Waals surface area contributed by atoms with Crippen LogP contribution in [-0.2, 0) is 0 Å². The molecule has 4 fully saturated rings. The molecule has 0 aromatic carbocycles. The van der Waals surface area contributed by atoms with E-state index in [2.05, 4.69) is 12.2 Å². The molecule has 110 valence electrons. The summed E-state index contributed by atoms with van der Waals surface area (Å²) >= 11 is 0. The summed E-state index contributed by atoms with van der Waals surface area (Å²) in [5.74, 6) is 1.36. The molecule has 4 bridgehead atoms. The molecular weight excluding hydrogens is 242 g/mol. The topological polar surface area (TPSA) is 72.7 Å². The Bertz CT molecular complexity index is 328. The lowest BCUT2D eigenvalue weighted by molar-refractivity contribution is -0.173. The third-order valence-corrected chi connectivity index (χ3v) is 5.92. The fourth-order valence-corrected chi connectivity index (χ4v) is 5.48. The predicted molar refractivity (Wildman–Crippen MR) is 72.6 cm³/mol. The van der Waals surface area contributed by atoms with Crippen LogP contribution in [0.25, 0.3) is 0 Å². The summed E-state index contributed by atoms with van der Waals surface area (Å²) in [5.41, 5.74) is -0.268. The van der Waals surface area contributed by atoms with Crippen LogP contribution in [0.3, 0.4) is 0 Å². The third kappa shape index (κ3) is 2.33. The molecule has 0 saturated heterocycles. The molecule has 0 aromatic rings. The van der Waals surface area contributed by atoms with E-state index in [9.17, 15) is 15.3 Å². The first-order valence-corrected chi connectivity index (χ1v) is 7.69. The Kier molecular flexibility index (Phi) is 3.41. The maximum atomic E-state index is 10.7. The van der Waals surface area contributed by atoms with Crippen LogP contribution in [0.4, 0.5) is 0 Å². The maximum absolute atomic E-state index is 10.7. The Morgan fingerprint density at radius 1 is 1.11 bits per heavy atom. The lowest BCUT2D eigenvalue weighted by Crippen LogP contribution is -2.62. The van der Waals surface area contributed by atoms with E-state index in [1.807, 2.05) is 0 Å². The largest absolute Gasteiger partial charge is 0.395 e. The Morgan fingerprint density at radius 2 is 1.68 bits per heavy atom. The van der Waals surface area contributed by atoms with Crippen LogP contribution < -0.4 is 5.32 Å². The van der Waals surface area contributed by atoms with Crippen molar-refractivity contribution in [2.45, 2.75) is 63.1 Å². The van der Waals surface area contributed by atoms with Gasteiger partial charge in [-0.3, -0.25) is 0 Å². The van der Waals surface area contributed by atoms with Gasteiger partial charge in [-0.15, -0.1) is 0 Å². The van der Waals surface area contributed by atoms with Crippen molar-refractivity contribution in [3.05, 3.63) is 0 Å². The van der Waals surface area contributed by atoms with Crippen molar-refractivity contribution < 1.29 is 15.3 Å². The summed E-state index contributed by atoms with van der Waals surface area (Å²) in [6.45, 7) is 2.09. The summed E-state index contributed by atoms with van der Waals surface area (Å²) in [7, 11) is 0. The van der Waals surface area contributed by atoms with Gasteiger partial charge in [0.2, 0.25) is 0 Å². The van der Waals surface area contributed by atoms with Crippen LogP contribution in [0.1, 0.15) is 45.4 Å². The van der Waals surface area contributed by atoms with Crippen molar-refractivity contribution in [3.63, 3.8) is 0 Å². The fourth-order valence-electron chi connectivity index (χ4n) is 5.48. The number of nitrogens with one attached hydrogen (secondary N) is 1. The summed E-state index contributed by atoms with van der Waals surface area (Å²) in [6.07, 6.45) is 6.56. The molecule has 2 unspecified atom stereocenters. The van der Waals surface area contributed by atoms with E-state index in [1.54, 1.807) is 0 Å². The first-order valence-electron chi connectivity index (χ1n) is 7.69. The second-order valence-electron chi connectivity index (χ2n) is 7.50. The summed E-state index contributed by atoms with van der Waals surface area (Å²) in [5, 5.41) is 32.6. The number of rotatable bonds is 5. The Morgan fingerprint density at radius 3 is 2.16 bits per heavy atom. The molecule has 4 nitrogen and oxygen atoms in total. The van der Waals surface area contributed by atoms with Crippen molar-refractivity contribution in [2.75, 3.05) is 13.2 Å². The van der Waals surface area contributed by atoms with Gasteiger partial charge in [-0.05, 0) is 62.7 Å². The first-order chi connectivity index (χ1) is 8.98. The quantitative estimate of drug-likeness (QED) is 0.591. The molecule has 0 heterocycles. The smallest absolute Gasteiger partial charge is 0.0659 e. The number of hydrogen-bond acceptors (Lipinski definition) is 4. The minimum absolute atomic E-state index is 0.0337. The number of aliphatic hydroxyl groups is 3. The average Bonchev–Trinajstić information content (AvgIpc) is 2.32. The summed E-state index contributed by atoms with van der Waals surface area (Å²) in [6, 6.07) is 0.00636. The van der Waals surface area contributed by atoms with Gasteiger partial charge in [0.15, 0.2) is 0 Å². The Hall–Kier alpha value is -0.160. The van der Waals surface area contributed by atoms with E-state index in [1.165, 1.54) is 19.3 Å². The monoisotopic (exact) mass is 269 g/mol. The highest BCUT2D eigenvalue weighted by atomic mass is 16.3. The van der Waals surface area contributed by atoms with Crippen molar-refractivity contribution in [2.24, 2.45) is 17.3 Å². The Balaban J connectivity index is 1.76. The van der Waals surface area contributed by atoms with Crippen LogP contribution in [0.15, 0.2) is 0 Å². The van der Waals surface area contributed by atoms with Crippen molar-refractivity contribution in [1.82, 2.24) is 5.32 Å². The average molecular weight is 269 g/mol. The summed E-state index contributed by atoms with van der Waals surface area (Å²) in [4.78, 5) is 0. The van der Waals surface area contributed by atoms with Gasteiger partial charge in [-0.2, -0.15) is 0 Å². The van der Waals surface area contributed by atoms with E-state index < -0.39 is 5.60 Å². The molecule has 0 aliphatic heterocycles. The second-order valence-corrected chi connectivity index (χ2v) is 7.50. The molecule has 0 amide bonds. The second kappa shape index (κ2) is 4.69. The van der Waals surface area contributed by atoms with E-state index in [0.717, 1.165) is 19.3 Å². The van der Waals surface area contributed by atoms with Gasteiger partial charge >= 0.3 is 0 Å². The zero-order valence-corrected chi connectivity index (χ0v) is 11.8. The molecule has 0 aromatic heterocycles. The number of hydrogen-bond donors (Lipinski definition) is 4. The van der Waals surface area contributed by atoms with Crippen molar-refractivity contribution in [1.29, 1.82) is 0 Å². The minimum Gasteiger partial charge on any atom is -0.395 e. The zero-order valence-electron chi connectivity index (χ0n) is 11.8. The Labute approximate surface area is 115 Å². The standard InChI is InChI=1S/C15H27NO3/c1-10(16-13(7-17)8-18)14-3-11-2-12(4-14)6-15(19,5-11)9-14/h10-13,16-19H,2-9H2,1H3/t10-,11-,12+,14?,15?/m0/s1. The maximum Gasteiger partial charge on any atom is 0.0659 e. The van der Waals surface area contributed by atoms with Gasteiger partial charge in [0.25, 0.3) is 0 Å². The molecule has 4 rings (SSSR count). The van der Waals surface area contributed by atoms with E-state index >= 15 is 0 Å². The molecule has 19 heavy (non-hydrogen) atoms. The molecule has 4 saturated carbocycles. The van der Waals surface area contributed by atoms with Gasteiger partial charge in [-0.25, -0.2) is 0 Å². The molecule has 4 N–H and O–H groups in total. The van der Waals surface area contributed by atoms with E-state index in [-0.39, 0.29) is 30.7 Å². The van der Waals surface area contributed by atoms with Crippen LogP contribution >= 0.6 is 0 Å². The van der Waals surface area contributed by atoms with Crippen molar-refractivity contribution >= 4 is 0 Å². The molecule has 4 heteroatoms. The van der Waals surface area contributed by atoms with Gasteiger partial charge in [0, 0.05) is 6.04 Å². The molecule has 0 spiro atoms. The van der Waals surface area contributed by atoms with Crippen LogP contribution in [0.2, 0.25) is 0 Å². The highest BCUT2D eigenvalue weighted by Crippen LogP contribution is 2.62. The molecule has 4 aliphatic carbocycles. The minimum atomic E-state index is -0.437. The fraction of sp³-hybridized carbons (Fsp3) is 1.00. The van der Waals surface area contributed by atoms with E-state index in [0.29, 0.717) is 11.8 Å². The molecule has 5 atom stereocenters. The molecular formula is C15H27NO3. The lowest BCUT2D eigenvalue weighted by atomic mass is 9.46. The van der Waals surface area contributed by atoms with E-state index in [4.69, 9.17) is 0 Å². The van der Waals surface area contributed by atoms with Gasteiger partial charge in [0.05, 0.1) is 24.9 Å². The number of aliphatic hydroxyl groups excluding tert-OH is 2. The normalized spacial score (nSPS) is 45.9. The molecule has 4 aliphatic rings. The van der Waals surface area contributed by atoms with Crippen LogP contribution in [0, 0.1) is 17.3 Å². The van der Waals surface area contributed by atoms with Gasteiger partial charge < -0.3 is 20.6 Å². The van der Waals surface area contributed by atoms with Gasteiger partial charge in [0.1, 0.15) is 0 Å². The predicted octanol–water partition coefficient (Wildman–Crippen LogP) is 0.649. The van der Waals surface area contributed by atoms with Crippen LogP contribution in [0.5, 0.6) is 0 Å². The summed E-state index contributed by atoms with van der Waals surface area (Å²) < 4.78 is 0. The SMILES string of the molecule is C[C@H](NC(CO)CO)C12C[C@@H]3C[C@@H](CC(O)(C3)C1)C2. The lowest BCUT2D eigenvalue weighted by Gasteiger charge is -2.62. The third-order valence-electron chi connectivity index (χ3n) is 5.92. The molecule has 0 radical (unpaired) electrons. The highest BCUT2D eigenvalue weighted by molar-refractivity contribution is 5.11.